The number of alkyl halides is 3. The highest BCUT2D eigenvalue weighted by atomic mass is 19.4. The van der Waals surface area contributed by atoms with Crippen LogP contribution in [0.1, 0.15) is 46.0 Å². The molecular formula is C25H22F4N4O3. The van der Waals surface area contributed by atoms with E-state index in [0.717, 1.165) is 6.07 Å². The highest BCUT2D eigenvalue weighted by Crippen LogP contribution is 2.37. The average Bonchev–Trinajstić information content (AvgIpc) is 3.28. The molecule has 1 atom stereocenters. The summed E-state index contributed by atoms with van der Waals surface area (Å²) in [5.74, 6) is -0.952. The molecule has 0 spiro atoms. The van der Waals surface area contributed by atoms with Gasteiger partial charge >= 0.3 is 6.18 Å². The number of benzene rings is 2. The number of nitrogens with two attached hydrogens (primary N) is 1. The number of carbonyl (C=O) groups is 1. The Kier molecular flexibility index (Phi) is 6.68. The molecule has 0 radical (unpaired) electrons. The minimum absolute atomic E-state index is 0.0382. The molecule has 7 nitrogen and oxygen atoms in total. The van der Waals surface area contributed by atoms with E-state index in [1.165, 1.54) is 31.4 Å². The first-order chi connectivity index (χ1) is 17.0. The van der Waals surface area contributed by atoms with Crippen molar-refractivity contribution in [1.82, 2.24) is 15.3 Å². The van der Waals surface area contributed by atoms with Gasteiger partial charge in [-0.3, -0.25) is 4.79 Å². The summed E-state index contributed by atoms with van der Waals surface area (Å²) >= 11 is 0. The predicted octanol–water partition coefficient (Wildman–Crippen LogP) is 5.31. The van der Waals surface area contributed by atoms with Crippen LogP contribution in [0, 0.1) is 12.7 Å². The van der Waals surface area contributed by atoms with Crippen molar-refractivity contribution in [3.8, 4) is 17.2 Å². The van der Waals surface area contributed by atoms with Gasteiger partial charge in [0.05, 0.1) is 13.2 Å². The van der Waals surface area contributed by atoms with E-state index in [9.17, 15) is 22.4 Å². The van der Waals surface area contributed by atoms with E-state index in [1.807, 2.05) is 0 Å². The van der Waals surface area contributed by atoms with Crippen molar-refractivity contribution < 1.29 is 31.5 Å². The number of halogens is 4. The SMILES string of the molecule is COc1ccc(-c2nc(C(=O)NCc3c(C)cccc3F)c([C@H](C)N)o2)c2ccc(C(F)(F)F)nc12. The summed E-state index contributed by atoms with van der Waals surface area (Å²) in [6.07, 6.45) is -4.65. The van der Waals surface area contributed by atoms with Gasteiger partial charge in [0, 0.05) is 23.1 Å². The van der Waals surface area contributed by atoms with Crippen molar-refractivity contribution >= 4 is 16.8 Å². The number of pyridine rings is 1. The van der Waals surface area contributed by atoms with Crippen LogP contribution in [0.5, 0.6) is 5.75 Å². The number of nitrogens with one attached hydrogen (secondary N) is 1. The lowest BCUT2D eigenvalue weighted by molar-refractivity contribution is -0.140. The largest absolute Gasteiger partial charge is 0.494 e. The van der Waals surface area contributed by atoms with Crippen molar-refractivity contribution in [2.45, 2.75) is 32.6 Å². The summed E-state index contributed by atoms with van der Waals surface area (Å²) in [4.78, 5) is 21.0. The molecule has 0 bridgehead atoms. The third kappa shape index (κ3) is 4.74. The molecule has 36 heavy (non-hydrogen) atoms. The summed E-state index contributed by atoms with van der Waals surface area (Å²) in [5, 5.41) is 2.89. The number of aryl methyl sites for hydroxylation is 1. The van der Waals surface area contributed by atoms with Gasteiger partial charge in [-0.2, -0.15) is 13.2 Å². The van der Waals surface area contributed by atoms with E-state index in [1.54, 1.807) is 26.0 Å². The molecule has 2 heterocycles. The number of rotatable bonds is 6. The van der Waals surface area contributed by atoms with Gasteiger partial charge in [0.25, 0.3) is 5.91 Å². The highest BCUT2D eigenvalue weighted by Gasteiger charge is 2.33. The van der Waals surface area contributed by atoms with Crippen LogP contribution in [-0.4, -0.2) is 23.0 Å². The number of fused-ring (bicyclic) bond motifs is 1. The van der Waals surface area contributed by atoms with Gasteiger partial charge in [0.2, 0.25) is 5.89 Å². The van der Waals surface area contributed by atoms with E-state index in [0.29, 0.717) is 11.1 Å². The van der Waals surface area contributed by atoms with Crippen molar-refractivity contribution in [3.05, 3.63) is 76.6 Å². The minimum atomic E-state index is -4.65. The molecule has 0 aliphatic heterocycles. The summed E-state index contributed by atoms with van der Waals surface area (Å²) in [6.45, 7) is 3.22. The fourth-order valence-corrected chi connectivity index (χ4v) is 3.76. The first-order valence-electron chi connectivity index (χ1n) is 10.8. The molecule has 0 saturated heterocycles. The maximum Gasteiger partial charge on any atom is 0.433 e. The second-order valence-corrected chi connectivity index (χ2v) is 8.14. The maximum atomic E-state index is 14.2. The van der Waals surface area contributed by atoms with E-state index >= 15 is 0 Å². The Balaban J connectivity index is 1.75. The van der Waals surface area contributed by atoms with E-state index < -0.39 is 29.6 Å². The normalized spacial score (nSPS) is 12.6. The van der Waals surface area contributed by atoms with Gasteiger partial charge in [-0.05, 0) is 49.7 Å². The van der Waals surface area contributed by atoms with Crippen molar-refractivity contribution in [2.75, 3.05) is 7.11 Å². The smallest absolute Gasteiger partial charge is 0.433 e. The summed E-state index contributed by atoms with van der Waals surface area (Å²) in [6, 6.07) is 8.90. The Morgan fingerprint density at radius 1 is 1.17 bits per heavy atom. The molecule has 0 saturated carbocycles. The Morgan fingerprint density at radius 3 is 2.56 bits per heavy atom. The molecule has 1 amide bonds. The zero-order valence-electron chi connectivity index (χ0n) is 19.5. The molecule has 0 aliphatic carbocycles. The lowest BCUT2D eigenvalue weighted by atomic mass is 10.1. The van der Waals surface area contributed by atoms with E-state index in [2.05, 4.69) is 15.3 Å². The quantitative estimate of drug-likeness (QED) is 0.346. The van der Waals surface area contributed by atoms with Crippen LogP contribution < -0.4 is 15.8 Å². The van der Waals surface area contributed by atoms with Crippen molar-refractivity contribution in [3.63, 3.8) is 0 Å². The second-order valence-electron chi connectivity index (χ2n) is 8.14. The number of nitrogens with zero attached hydrogens (tertiary/aromatic N) is 2. The summed E-state index contributed by atoms with van der Waals surface area (Å²) < 4.78 is 64.9. The third-order valence-electron chi connectivity index (χ3n) is 5.62. The Bertz CT molecular complexity index is 1430. The van der Waals surface area contributed by atoms with Crippen molar-refractivity contribution in [1.29, 1.82) is 0 Å². The van der Waals surface area contributed by atoms with Gasteiger partial charge in [-0.1, -0.05) is 12.1 Å². The highest BCUT2D eigenvalue weighted by molar-refractivity contribution is 5.98. The molecule has 2 aromatic heterocycles. The first kappa shape index (κ1) is 25.1. The zero-order chi connectivity index (χ0) is 26.2. The number of amides is 1. The molecule has 11 heteroatoms. The van der Waals surface area contributed by atoms with Crippen LogP contribution in [0.2, 0.25) is 0 Å². The van der Waals surface area contributed by atoms with Crippen LogP contribution in [-0.2, 0) is 12.7 Å². The van der Waals surface area contributed by atoms with Crippen LogP contribution >= 0.6 is 0 Å². The van der Waals surface area contributed by atoms with E-state index in [-0.39, 0.29) is 46.1 Å². The molecule has 188 valence electrons. The Hall–Kier alpha value is -3.99. The van der Waals surface area contributed by atoms with E-state index in [4.69, 9.17) is 14.9 Å². The van der Waals surface area contributed by atoms with Gasteiger partial charge in [-0.15, -0.1) is 0 Å². The number of methoxy groups -OCH3 is 1. The monoisotopic (exact) mass is 502 g/mol. The summed E-state index contributed by atoms with van der Waals surface area (Å²) in [5.41, 5.74) is 6.03. The fourth-order valence-electron chi connectivity index (χ4n) is 3.76. The molecule has 4 aromatic rings. The second kappa shape index (κ2) is 9.57. The Labute approximate surface area is 203 Å². The standard InChI is InChI=1S/C25H22F4N4O3/c1-12-5-4-6-17(26)16(12)11-31-23(34)21-22(13(2)30)36-24(33-21)15-7-9-18(35-3)20-14(15)8-10-19(32-20)25(27,28)29/h4-10,13H,11,30H2,1-3H3,(H,31,34)/t13-/m0/s1. The molecule has 4 rings (SSSR count). The number of hydrogen-bond acceptors (Lipinski definition) is 6. The molecule has 0 fully saturated rings. The minimum Gasteiger partial charge on any atom is -0.494 e. The van der Waals surface area contributed by atoms with Crippen LogP contribution in [0.25, 0.3) is 22.4 Å². The predicted molar refractivity (Wildman–Crippen MR) is 124 cm³/mol. The molecular weight excluding hydrogens is 480 g/mol. The fraction of sp³-hybridized carbons (Fsp3) is 0.240. The summed E-state index contributed by atoms with van der Waals surface area (Å²) in [7, 11) is 1.31. The van der Waals surface area contributed by atoms with Gasteiger partial charge < -0.3 is 20.2 Å². The lowest BCUT2D eigenvalue weighted by Gasteiger charge is -2.11. The zero-order valence-corrected chi connectivity index (χ0v) is 19.5. The van der Waals surface area contributed by atoms with Crippen LogP contribution in [0.15, 0.2) is 46.9 Å². The number of aromatic nitrogens is 2. The van der Waals surface area contributed by atoms with Crippen LogP contribution in [0.3, 0.4) is 0 Å². The van der Waals surface area contributed by atoms with Crippen molar-refractivity contribution in [2.24, 2.45) is 5.73 Å². The van der Waals surface area contributed by atoms with Gasteiger partial charge in [-0.25, -0.2) is 14.4 Å². The number of oxazole rings is 1. The molecule has 0 unspecified atom stereocenters. The van der Waals surface area contributed by atoms with Gasteiger partial charge in [0.15, 0.2) is 11.5 Å². The number of ether oxygens (including phenoxy) is 1. The van der Waals surface area contributed by atoms with Gasteiger partial charge in [0.1, 0.15) is 22.8 Å². The Morgan fingerprint density at radius 2 is 1.92 bits per heavy atom. The van der Waals surface area contributed by atoms with Crippen LogP contribution in [0.4, 0.5) is 17.6 Å². The average molecular weight is 502 g/mol. The maximum absolute atomic E-state index is 14.2. The molecule has 0 aliphatic rings. The first-order valence-corrected chi connectivity index (χ1v) is 10.8. The topological polar surface area (TPSA) is 103 Å². The number of carbonyl (C=O) groups excluding carboxylic acids is 1. The lowest BCUT2D eigenvalue weighted by Crippen LogP contribution is -2.26. The molecule has 3 N–H and O–H groups in total. The third-order valence-corrected chi connectivity index (χ3v) is 5.62. The molecule has 2 aromatic carbocycles. The number of hydrogen-bond donors (Lipinski definition) is 2.